The van der Waals surface area contributed by atoms with Gasteiger partial charge in [0, 0.05) is 5.92 Å². The van der Waals surface area contributed by atoms with Crippen molar-refractivity contribution in [3.05, 3.63) is 23.8 Å². The maximum Gasteiger partial charge on any atom is 0.0802 e. The third-order valence-corrected chi connectivity index (χ3v) is 3.65. The molecule has 3 nitrogen and oxygen atoms in total. The van der Waals surface area contributed by atoms with Crippen molar-refractivity contribution in [3.8, 4) is 0 Å². The summed E-state index contributed by atoms with van der Waals surface area (Å²) in [5, 5.41) is 29.7. The molecule has 3 heteroatoms. The zero-order valence-corrected chi connectivity index (χ0v) is 11.6. The van der Waals surface area contributed by atoms with Crippen LogP contribution in [0.5, 0.6) is 0 Å². The Balaban J connectivity index is 2.95. The van der Waals surface area contributed by atoms with E-state index in [0.717, 1.165) is 5.57 Å². The molecule has 3 atom stereocenters. The average molecular weight is 254 g/mol. The summed E-state index contributed by atoms with van der Waals surface area (Å²) in [5.74, 6) is 0.302. The van der Waals surface area contributed by atoms with Gasteiger partial charge in [0.1, 0.15) is 0 Å². The van der Waals surface area contributed by atoms with Crippen LogP contribution >= 0.6 is 0 Å². The summed E-state index contributed by atoms with van der Waals surface area (Å²) in [6.45, 7) is 5.87. The Labute approximate surface area is 110 Å². The molecule has 0 aromatic rings. The maximum absolute atomic E-state index is 10.2. The monoisotopic (exact) mass is 254 g/mol. The molecule has 0 saturated heterocycles. The molecular weight excluding hydrogens is 228 g/mol. The first-order valence-corrected chi connectivity index (χ1v) is 6.74. The standard InChI is InChI=1S/C15H26O3/c1-11(2)13-6-8-15(3,18)7-4-5-12(10-16)9-14(13)17/h5-6,8,11,13-14,16-18H,4,7,9-10H2,1-3H3/b8-6+,12-5-/t13-,14+,15+/m0/s1. The lowest BCUT2D eigenvalue weighted by atomic mass is 9.84. The lowest BCUT2D eigenvalue weighted by Crippen LogP contribution is -2.27. The Hall–Kier alpha value is -0.640. The molecule has 0 bridgehead atoms. The van der Waals surface area contributed by atoms with Gasteiger partial charge in [-0.1, -0.05) is 32.1 Å². The van der Waals surface area contributed by atoms with E-state index in [4.69, 9.17) is 0 Å². The zero-order chi connectivity index (χ0) is 13.8. The second-order valence-electron chi connectivity index (χ2n) is 5.87. The summed E-state index contributed by atoms with van der Waals surface area (Å²) in [6, 6.07) is 0. The number of rotatable bonds is 2. The van der Waals surface area contributed by atoms with Crippen molar-refractivity contribution in [2.45, 2.75) is 51.7 Å². The maximum atomic E-state index is 10.2. The molecular formula is C15H26O3. The minimum absolute atomic E-state index is 0.00419. The van der Waals surface area contributed by atoms with Crippen LogP contribution in [0.25, 0.3) is 0 Å². The van der Waals surface area contributed by atoms with Gasteiger partial charge in [0.25, 0.3) is 0 Å². The summed E-state index contributed by atoms with van der Waals surface area (Å²) >= 11 is 0. The predicted molar refractivity (Wildman–Crippen MR) is 73.1 cm³/mol. The Bertz CT molecular complexity index is 316. The smallest absolute Gasteiger partial charge is 0.0802 e. The van der Waals surface area contributed by atoms with Gasteiger partial charge in [-0.15, -0.1) is 0 Å². The van der Waals surface area contributed by atoms with Crippen molar-refractivity contribution in [3.63, 3.8) is 0 Å². The molecule has 1 aliphatic rings. The van der Waals surface area contributed by atoms with E-state index in [9.17, 15) is 15.3 Å². The van der Waals surface area contributed by atoms with Crippen molar-refractivity contribution in [1.82, 2.24) is 0 Å². The fourth-order valence-electron chi connectivity index (χ4n) is 2.38. The number of aliphatic hydroxyl groups is 3. The van der Waals surface area contributed by atoms with Gasteiger partial charge in [-0.3, -0.25) is 0 Å². The van der Waals surface area contributed by atoms with Crippen molar-refractivity contribution in [1.29, 1.82) is 0 Å². The van der Waals surface area contributed by atoms with Gasteiger partial charge < -0.3 is 15.3 Å². The summed E-state index contributed by atoms with van der Waals surface area (Å²) in [6.07, 6.45) is 7.02. The number of hydrogen-bond acceptors (Lipinski definition) is 3. The Kier molecular flexibility index (Phi) is 5.57. The predicted octanol–water partition coefficient (Wildman–Crippen LogP) is 2.03. The Morgan fingerprint density at radius 2 is 2.11 bits per heavy atom. The van der Waals surface area contributed by atoms with Crippen LogP contribution < -0.4 is 0 Å². The van der Waals surface area contributed by atoms with Gasteiger partial charge in [0.2, 0.25) is 0 Å². The third kappa shape index (κ3) is 4.56. The molecule has 0 spiro atoms. The van der Waals surface area contributed by atoms with E-state index in [2.05, 4.69) is 13.8 Å². The van der Waals surface area contributed by atoms with Gasteiger partial charge in [-0.05, 0) is 37.7 Å². The normalized spacial score (nSPS) is 39.2. The lowest BCUT2D eigenvalue weighted by molar-refractivity contribution is 0.0891. The molecule has 18 heavy (non-hydrogen) atoms. The van der Waals surface area contributed by atoms with Gasteiger partial charge in [0.15, 0.2) is 0 Å². The summed E-state index contributed by atoms with van der Waals surface area (Å²) in [4.78, 5) is 0. The highest BCUT2D eigenvalue weighted by atomic mass is 16.3. The van der Waals surface area contributed by atoms with Crippen molar-refractivity contribution in [2.75, 3.05) is 6.61 Å². The van der Waals surface area contributed by atoms with E-state index in [0.29, 0.717) is 25.2 Å². The molecule has 0 heterocycles. The van der Waals surface area contributed by atoms with Crippen molar-refractivity contribution >= 4 is 0 Å². The van der Waals surface area contributed by atoms with E-state index < -0.39 is 11.7 Å². The van der Waals surface area contributed by atoms with E-state index >= 15 is 0 Å². The quantitative estimate of drug-likeness (QED) is 0.661. The van der Waals surface area contributed by atoms with Crippen molar-refractivity contribution in [2.24, 2.45) is 11.8 Å². The van der Waals surface area contributed by atoms with Crippen LogP contribution in [0.15, 0.2) is 23.8 Å². The molecule has 0 aromatic heterocycles. The minimum atomic E-state index is -0.846. The molecule has 0 saturated carbocycles. The van der Waals surface area contributed by atoms with Crippen molar-refractivity contribution < 1.29 is 15.3 Å². The molecule has 0 aliphatic heterocycles. The van der Waals surface area contributed by atoms with Crippen LogP contribution in [0.2, 0.25) is 0 Å². The Morgan fingerprint density at radius 1 is 1.44 bits per heavy atom. The van der Waals surface area contributed by atoms with Crippen LogP contribution in [-0.2, 0) is 0 Å². The first-order valence-electron chi connectivity index (χ1n) is 6.74. The Morgan fingerprint density at radius 3 is 2.67 bits per heavy atom. The van der Waals surface area contributed by atoms with Crippen LogP contribution in [0, 0.1) is 11.8 Å². The fourth-order valence-corrected chi connectivity index (χ4v) is 2.38. The second kappa shape index (κ2) is 6.50. The molecule has 0 fully saturated rings. The van der Waals surface area contributed by atoms with Gasteiger partial charge in [0.05, 0.1) is 18.3 Å². The van der Waals surface area contributed by atoms with Gasteiger partial charge in [-0.25, -0.2) is 0 Å². The third-order valence-electron chi connectivity index (χ3n) is 3.65. The number of allylic oxidation sites excluding steroid dienone is 1. The van der Waals surface area contributed by atoms with E-state index in [1.165, 1.54) is 0 Å². The van der Waals surface area contributed by atoms with E-state index in [1.807, 2.05) is 12.2 Å². The largest absolute Gasteiger partial charge is 0.392 e. The minimum Gasteiger partial charge on any atom is -0.392 e. The van der Waals surface area contributed by atoms with E-state index in [1.54, 1.807) is 13.0 Å². The fraction of sp³-hybridized carbons (Fsp3) is 0.733. The average Bonchev–Trinajstić information content (AvgIpc) is 2.26. The molecule has 0 unspecified atom stereocenters. The van der Waals surface area contributed by atoms with Crippen LogP contribution in [0.1, 0.15) is 40.0 Å². The van der Waals surface area contributed by atoms with Crippen LogP contribution in [0.3, 0.4) is 0 Å². The van der Waals surface area contributed by atoms with Gasteiger partial charge >= 0.3 is 0 Å². The number of hydrogen-bond donors (Lipinski definition) is 3. The van der Waals surface area contributed by atoms with E-state index in [-0.39, 0.29) is 12.5 Å². The van der Waals surface area contributed by atoms with Crippen LogP contribution in [0.4, 0.5) is 0 Å². The topological polar surface area (TPSA) is 60.7 Å². The first kappa shape index (κ1) is 15.4. The van der Waals surface area contributed by atoms with Crippen LogP contribution in [-0.4, -0.2) is 33.6 Å². The highest BCUT2D eigenvalue weighted by molar-refractivity contribution is 5.11. The molecule has 1 rings (SSSR count). The molecule has 3 N–H and O–H groups in total. The second-order valence-corrected chi connectivity index (χ2v) is 5.87. The highest BCUT2D eigenvalue weighted by Crippen LogP contribution is 2.26. The molecule has 0 radical (unpaired) electrons. The summed E-state index contributed by atoms with van der Waals surface area (Å²) in [7, 11) is 0. The first-order chi connectivity index (χ1) is 8.35. The molecule has 0 aromatic carbocycles. The molecule has 0 amide bonds. The molecule has 1 aliphatic carbocycles. The number of aliphatic hydroxyl groups excluding tert-OH is 2. The lowest BCUT2D eigenvalue weighted by Gasteiger charge is -2.27. The van der Waals surface area contributed by atoms with Gasteiger partial charge in [-0.2, -0.15) is 0 Å². The summed E-state index contributed by atoms with van der Waals surface area (Å²) in [5.41, 5.74) is 0.0145. The SMILES string of the molecule is CC(C)[C@@H]1/C=C/[C@](C)(O)CC/C=C(\CO)C[C@H]1O. The highest BCUT2D eigenvalue weighted by Gasteiger charge is 2.24. The zero-order valence-electron chi connectivity index (χ0n) is 11.6. The summed E-state index contributed by atoms with van der Waals surface area (Å²) < 4.78 is 0. The molecule has 104 valence electrons.